The standard InChI is InChI=1S/C19H29N5OS/c1-3-23(4-2)12-7-11-20-17(25)15-8-6-13-24(14-15)19-22-16-9-5-10-21-18(16)26-19/h5,9-10,15H,3-4,6-8,11-14H2,1-2H3,(H,20,25)/t15-/m1/s1. The summed E-state index contributed by atoms with van der Waals surface area (Å²) < 4.78 is 0. The number of nitrogens with zero attached hydrogens (tertiary/aromatic N) is 4. The summed E-state index contributed by atoms with van der Waals surface area (Å²) in [4.78, 5) is 27.2. The molecule has 0 unspecified atom stereocenters. The van der Waals surface area contributed by atoms with E-state index in [-0.39, 0.29) is 11.8 Å². The fourth-order valence-corrected chi connectivity index (χ4v) is 4.40. The molecular formula is C19H29N5OS. The summed E-state index contributed by atoms with van der Waals surface area (Å²) in [6.45, 7) is 10.0. The molecule has 0 spiro atoms. The molecular weight excluding hydrogens is 346 g/mol. The highest BCUT2D eigenvalue weighted by molar-refractivity contribution is 7.21. The van der Waals surface area contributed by atoms with Crippen LogP contribution < -0.4 is 10.2 Å². The molecule has 1 fully saturated rings. The molecule has 0 saturated carbocycles. The van der Waals surface area contributed by atoms with E-state index in [1.165, 1.54) is 0 Å². The Balaban J connectivity index is 1.50. The number of rotatable bonds is 8. The van der Waals surface area contributed by atoms with Crippen molar-refractivity contribution in [3.63, 3.8) is 0 Å². The molecule has 26 heavy (non-hydrogen) atoms. The van der Waals surface area contributed by atoms with E-state index in [4.69, 9.17) is 0 Å². The predicted molar refractivity (Wildman–Crippen MR) is 108 cm³/mol. The molecule has 0 radical (unpaired) electrons. The fraction of sp³-hybridized carbons (Fsp3) is 0.632. The molecule has 1 aliphatic rings. The van der Waals surface area contributed by atoms with Crippen molar-refractivity contribution in [2.24, 2.45) is 5.92 Å². The number of pyridine rings is 1. The number of thiazole rings is 1. The van der Waals surface area contributed by atoms with Crippen LogP contribution in [0.1, 0.15) is 33.1 Å². The van der Waals surface area contributed by atoms with Crippen LogP contribution in [0.3, 0.4) is 0 Å². The molecule has 1 saturated heterocycles. The van der Waals surface area contributed by atoms with Gasteiger partial charge in [-0.15, -0.1) is 0 Å². The highest BCUT2D eigenvalue weighted by Gasteiger charge is 2.27. The summed E-state index contributed by atoms with van der Waals surface area (Å²) in [7, 11) is 0. The van der Waals surface area contributed by atoms with Gasteiger partial charge in [0.1, 0.15) is 10.3 Å². The van der Waals surface area contributed by atoms with Gasteiger partial charge < -0.3 is 15.1 Å². The zero-order valence-corrected chi connectivity index (χ0v) is 16.6. The van der Waals surface area contributed by atoms with Crippen molar-refractivity contribution in [1.82, 2.24) is 20.2 Å². The number of hydrogen-bond acceptors (Lipinski definition) is 6. The van der Waals surface area contributed by atoms with Crippen molar-refractivity contribution in [2.75, 3.05) is 44.2 Å². The number of carbonyl (C=O) groups excluding carboxylic acids is 1. The molecule has 2 aromatic heterocycles. The van der Waals surface area contributed by atoms with Crippen molar-refractivity contribution in [1.29, 1.82) is 0 Å². The minimum absolute atomic E-state index is 0.0529. The van der Waals surface area contributed by atoms with Crippen LogP contribution in [0.5, 0.6) is 0 Å². The number of carbonyl (C=O) groups is 1. The van der Waals surface area contributed by atoms with Crippen LogP contribution in [0, 0.1) is 5.92 Å². The number of aromatic nitrogens is 2. The molecule has 0 bridgehead atoms. The lowest BCUT2D eigenvalue weighted by Crippen LogP contribution is -2.43. The Morgan fingerprint density at radius 3 is 3.04 bits per heavy atom. The van der Waals surface area contributed by atoms with Crippen LogP contribution in [0.25, 0.3) is 10.3 Å². The monoisotopic (exact) mass is 375 g/mol. The van der Waals surface area contributed by atoms with Crippen LogP contribution in [-0.2, 0) is 4.79 Å². The lowest BCUT2D eigenvalue weighted by atomic mass is 9.97. The van der Waals surface area contributed by atoms with Crippen LogP contribution in [0.15, 0.2) is 18.3 Å². The van der Waals surface area contributed by atoms with Gasteiger partial charge >= 0.3 is 0 Å². The van der Waals surface area contributed by atoms with Gasteiger partial charge in [0.25, 0.3) is 0 Å². The normalized spacial score (nSPS) is 17.8. The molecule has 2 aromatic rings. The average molecular weight is 376 g/mol. The largest absolute Gasteiger partial charge is 0.356 e. The number of nitrogens with one attached hydrogen (secondary N) is 1. The van der Waals surface area contributed by atoms with Gasteiger partial charge in [-0.2, -0.15) is 0 Å². The van der Waals surface area contributed by atoms with Crippen molar-refractivity contribution in [3.05, 3.63) is 18.3 Å². The van der Waals surface area contributed by atoms with Crippen LogP contribution >= 0.6 is 11.3 Å². The Labute approximate surface area is 159 Å². The van der Waals surface area contributed by atoms with Crippen molar-refractivity contribution >= 4 is 32.7 Å². The maximum Gasteiger partial charge on any atom is 0.224 e. The molecule has 0 aromatic carbocycles. The van der Waals surface area contributed by atoms with Gasteiger partial charge in [-0.3, -0.25) is 4.79 Å². The second kappa shape index (κ2) is 9.28. The third-order valence-corrected chi connectivity index (χ3v) is 6.10. The Hall–Kier alpha value is -1.73. The van der Waals surface area contributed by atoms with Gasteiger partial charge in [0.2, 0.25) is 5.91 Å². The molecule has 1 aliphatic heterocycles. The smallest absolute Gasteiger partial charge is 0.224 e. The quantitative estimate of drug-likeness (QED) is 0.719. The van der Waals surface area contributed by atoms with Crippen molar-refractivity contribution in [2.45, 2.75) is 33.1 Å². The SMILES string of the molecule is CCN(CC)CCCNC(=O)[C@@H]1CCCN(c2nc3cccnc3s2)C1. The van der Waals surface area contributed by atoms with Gasteiger partial charge in [0, 0.05) is 25.8 Å². The average Bonchev–Trinajstić information content (AvgIpc) is 3.12. The first kappa shape index (κ1) is 19.0. The number of anilines is 1. The maximum atomic E-state index is 12.6. The van der Waals surface area contributed by atoms with Gasteiger partial charge in [-0.05, 0) is 51.0 Å². The Kier molecular flexibility index (Phi) is 6.80. The number of hydrogen-bond donors (Lipinski definition) is 1. The van der Waals surface area contributed by atoms with Crippen molar-refractivity contribution in [3.8, 4) is 0 Å². The van der Waals surface area contributed by atoms with E-state index in [1.54, 1.807) is 17.5 Å². The summed E-state index contributed by atoms with van der Waals surface area (Å²) in [5.74, 6) is 0.241. The van der Waals surface area contributed by atoms with E-state index >= 15 is 0 Å². The minimum atomic E-state index is 0.0529. The number of piperidine rings is 1. The van der Waals surface area contributed by atoms with Crippen LogP contribution in [-0.4, -0.2) is 60.0 Å². The van der Waals surface area contributed by atoms with E-state index in [1.807, 2.05) is 12.1 Å². The first-order valence-corrected chi connectivity index (χ1v) is 10.5. The summed E-state index contributed by atoms with van der Waals surface area (Å²) in [6, 6.07) is 3.91. The van der Waals surface area contributed by atoms with Crippen molar-refractivity contribution < 1.29 is 4.79 Å². The molecule has 1 amide bonds. The first-order chi connectivity index (χ1) is 12.7. The molecule has 1 atom stereocenters. The summed E-state index contributed by atoms with van der Waals surface area (Å²) in [6.07, 6.45) is 4.80. The van der Waals surface area contributed by atoms with E-state index < -0.39 is 0 Å². The zero-order chi connectivity index (χ0) is 18.4. The lowest BCUT2D eigenvalue weighted by molar-refractivity contribution is -0.125. The molecule has 142 valence electrons. The Bertz CT molecular complexity index is 682. The molecule has 3 rings (SSSR count). The van der Waals surface area contributed by atoms with E-state index in [2.05, 4.69) is 38.9 Å². The Morgan fingerprint density at radius 1 is 1.42 bits per heavy atom. The second-order valence-corrected chi connectivity index (χ2v) is 7.74. The predicted octanol–water partition coefficient (Wildman–Crippen LogP) is 2.76. The fourth-order valence-electron chi connectivity index (χ4n) is 3.46. The third-order valence-electron chi connectivity index (χ3n) is 5.06. The van der Waals surface area contributed by atoms with E-state index in [0.29, 0.717) is 0 Å². The van der Waals surface area contributed by atoms with Gasteiger partial charge in [-0.1, -0.05) is 25.2 Å². The van der Waals surface area contributed by atoms with Gasteiger partial charge in [0.15, 0.2) is 5.13 Å². The molecule has 6 nitrogen and oxygen atoms in total. The highest BCUT2D eigenvalue weighted by Crippen LogP contribution is 2.30. The van der Waals surface area contributed by atoms with Crippen LogP contribution in [0.4, 0.5) is 5.13 Å². The number of fused-ring (bicyclic) bond motifs is 1. The molecule has 0 aliphatic carbocycles. The van der Waals surface area contributed by atoms with Gasteiger partial charge in [0.05, 0.1) is 5.92 Å². The third kappa shape index (κ3) is 4.71. The van der Waals surface area contributed by atoms with Crippen LogP contribution in [0.2, 0.25) is 0 Å². The molecule has 7 heteroatoms. The maximum absolute atomic E-state index is 12.6. The summed E-state index contributed by atoms with van der Waals surface area (Å²) in [5.41, 5.74) is 0.940. The minimum Gasteiger partial charge on any atom is -0.356 e. The zero-order valence-electron chi connectivity index (χ0n) is 15.8. The second-order valence-electron chi connectivity index (χ2n) is 6.78. The highest BCUT2D eigenvalue weighted by atomic mass is 32.1. The summed E-state index contributed by atoms with van der Waals surface area (Å²) >= 11 is 1.61. The lowest BCUT2D eigenvalue weighted by Gasteiger charge is -2.31. The first-order valence-electron chi connectivity index (χ1n) is 9.67. The van der Waals surface area contributed by atoms with E-state index in [9.17, 15) is 4.79 Å². The number of amides is 1. The van der Waals surface area contributed by atoms with Gasteiger partial charge in [-0.25, -0.2) is 9.97 Å². The van der Waals surface area contributed by atoms with E-state index in [0.717, 1.165) is 74.0 Å². The molecule has 1 N–H and O–H groups in total. The topological polar surface area (TPSA) is 61.4 Å². The molecule has 3 heterocycles. The Morgan fingerprint density at radius 2 is 2.27 bits per heavy atom. The summed E-state index contributed by atoms with van der Waals surface area (Å²) in [5, 5.41) is 4.12.